The molecule has 2 N–H and O–H groups in total. The van der Waals surface area contributed by atoms with Gasteiger partial charge in [0.2, 0.25) is 10.0 Å². The number of benzene rings is 2. The minimum Gasteiger partial charge on any atom is -0.323 e. The van der Waals surface area contributed by atoms with Crippen molar-refractivity contribution in [3.63, 3.8) is 0 Å². The van der Waals surface area contributed by atoms with Crippen LogP contribution in [0.1, 0.15) is 17.2 Å². The average molecular weight is 458 g/mol. The van der Waals surface area contributed by atoms with Crippen LogP contribution in [0.4, 0.5) is 23.2 Å². The van der Waals surface area contributed by atoms with E-state index in [1.54, 1.807) is 0 Å². The van der Waals surface area contributed by atoms with E-state index in [2.05, 4.69) is 0 Å². The van der Waals surface area contributed by atoms with Crippen molar-refractivity contribution in [3.8, 4) is 0 Å². The van der Waals surface area contributed by atoms with Crippen LogP contribution in [-0.2, 0) is 16.2 Å². The van der Waals surface area contributed by atoms with Gasteiger partial charge in [-0.25, -0.2) is 12.8 Å². The first kappa shape index (κ1) is 24.8. The van der Waals surface area contributed by atoms with Gasteiger partial charge in [0.15, 0.2) is 0 Å². The van der Waals surface area contributed by atoms with Gasteiger partial charge in [-0.2, -0.15) is 17.5 Å². The fourth-order valence-corrected chi connectivity index (χ4v) is 3.59. The molecule has 0 amide bonds. The number of alkyl halides is 3. The second kappa shape index (κ2) is 9.03. The number of hydrogen-bond donors (Lipinski definition) is 1. The first-order chi connectivity index (χ1) is 12.8. The Hall–Kier alpha value is -2.28. The Morgan fingerprint density at radius 2 is 1.72 bits per heavy atom. The van der Waals surface area contributed by atoms with E-state index in [4.69, 9.17) is 5.73 Å². The number of nitrogens with two attached hydrogens (primary N) is 1. The van der Waals surface area contributed by atoms with Gasteiger partial charge in [0.05, 0.1) is 15.4 Å². The number of hydrogen-bond acceptors (Lipinski definition) is 5. The van der Waals surface area contributed by atoms with Gasteiger partial charge >= 0.3 is 6.18 Å². The van der Waals surface area contributed by atoms with Crippen molar-refractivity contribution >= 4 is 28.1 Å². The molecule has 0 heterocycles. The van der Waals surface area contributed by atoms with Crippen LogP contribution in [0.25, 0.3) is 0 Å². The molecule has 7 nitrogen and oxygen atoms in total. The summed E-state index contributed by atoms with van der Waals surface area (Å²) in [7, 11) is -2.94. The van der Waals surface area contributed by atoms with Gasteiger partial charge in [-0.15, -0.1) is 12.4 Å². The second-order valence-electron chi connectivity index (χ2n) is 5.88. The maximum absolute atomic E-state index is 13.4. The first-order valence-corrected chi connectivity index (χ1v) is 9.11. The molecule has 0 unspecified atom stereocenters. The van der Waals surface area contributed by atoms with Crippen LogP contribution in [-0.4, -0.2) is 31.2 Å². The molecule has 29 heavy (non-hydrogen) atoms. The van der Waals surface area contributed by atoms with Gasteiger partial charge in [-0.1, -0.05) is 6.07 Å². The largest absolute Gasteiger partial charge is 0.419 e. The molecule has 0 bridgehead atoms. The van der Waals surface area contributed by atoms with Crippen LogP contribution in [0.5, 0.6) is 0 Å². The van der Waals surface area contributed by atoms with E-state index < -0.39 is 45.1 Å². The molecule has 2 rings (SSSR count). The highest BCUT2D eigenvalue weighted by molar-refractivity contribution is 7.89. The highest BCUT2D eigenvalue weighted by Gasteiger charge is 2.35. The van der Waals surface area contributed by atoms with Gasteiger partial charge in [-0.3, -0.25) is 10.1 Å². The lowest BCUT2D eigenvalue weighted by Gasteiger charge is -2.22. The van der Waals surface area contributed by atoms with E-state index in [9.17, 15) is 36.1 Å². The zero-order valence-electron chi connectivity index (χ0n) is 14.8. The maximum Gasteiger partial charge on any atom is 0.419 e. The SMILES string of the molecule is CN(C[C@@H](N)c1ccc(F)c(C(F)(F)F)c1)S(=O)(=O)c1ccc([N+](=O)[O-])cc1.Cl. The number of nitro benzene ring substituents is 1. The predicted octanol–water partition coefficient (Wildman–Crippen LogP) is 3.50. The fraction of sp³-hybridized carbons (Fsp3) is 0.250. The van der Waals surface area contributed by atoms with Crippen LogP contribution in [0.2, 0.25) is 0 Å². The van der Waals surface area contributed by atoms with Crippen LogP contribution in [0, 0.1) is 15.9 Å². The van der Waals surface area contributed by atoms with E-state index in [1.807, 2.05) is 0 Å². The normalized spacial score (nSPS) is 13.1. The number of nitro groups is 1. The third-order valence-electron chi connectivity index (χ3n) is 3.93. The molecule has 0 fully saturated rings. The van der Waals surface area contributed by atoms with Gasteiger partial charge in [0, 0.05) is 31.8 Å². The second-order valence-corrected chi connectivity index (χ2v) is 7.92. The highest BCUT2D eigenvalue weighted by atomic mass is 35.5. The van der Waals surface area contributed by atoms with Crippen molar-refractivity contribution in [2.45, 2.75) is 17.1 Å². The van der Waals surface area contributed by atoms with Gasteiger partial charge in [0.25, 0.3) is 5.69 Å². The van der Waals surface area contributed by atoms with Crippen molar-refractivity contribution in [1.29, 1.82) is 0 Å². The van der Waals surface area contributed by atoms with Gasteiger partial charge in [0.1, 0.15) is 5.82 Å². The fourth-order valence-electron chi connectivity index (χ4n) is 2.39. The van der Waals surface area contributed by atoms with E-state index in [1.165, 1.54) is 0 Å². The van der Waals surface area contributed by atoms with E-state index in [0.29, 0.717) is 12.1 Å². The Morgan fingerprint density at radius 3 is 2.21 bits per heavy atom. The van der Waals surface area contributed by atoms with E-state index >= 15 is 0 Å². The monoisotopic (exact) mass is 457 g/mol. The molecule has 160 valence electrons. The molecule has 0 aromatic heterocycles. The molecule has 0 saturated carbocycles. The van der Waals surface area contributed by atoms with Crippen LogP contribution < -0.4 is 5.73 Å². The van der Waals surface area contributed by atoms with Crippen molar-refractivity contribution in [2.75, 3.05) is 13.6 Å². The van der Waals surface area contributed by atoms with E-state index in [-0.39, 0.29) is 28.6 Å². The van der Waals surface area contributed by atoms with Gasteiger partial charge < -0.3 is 5.73 Å². The zero-order valence-corrected chi connectivity index (χ0v) is 16.4. The molecule has 13 heteroatoms. The molecule has 0 aliphatic heterocycles. The summed E-state index contributed by atoms with van der Waals surface area (Å²) in [5.41, 5.74) is 3.91. The van der Waals surface area contributed by atoms with Crippen molar-refractivity contribution < 1.29 is 30.9 Å². The Kier molecular flexibility index (Phi) is 7.71. The first-order valence-electron chi connectivity index (χ1n) is 7.67. The summed E-state index contributed by atoms with van der Waals surface area (Å²) in [6.45, 7) is -0.401. The summed E-state index contributed by atoms with van der Waals surface area (Å²) >= 11 is 0. The summed E-state index contributed by atoms with van der Waals surface area (Å²) in [6, 6.07) is 5.12. The Morgan fingerprint density at radius 1 is 1.17 bits per heavy atom. The molecule has 2 aromatic rings. The third kappa shape index (κ3) is 5.63. The van der Waals surface area contributed by atoms with Crippen LogP contribution >= 0.6 is 12.4 Å². The highest BCUT2D eigenvalue weighted by Crippen LogP contribution is 2.33. The number of halogens is 5. The average Bonchev–Trinajstić information content (AvgIpc) is 2.60. The zero-order chi connectivity index (χ0) is 21.3. The number of rotatable bonds is 6. The van der Waals surface area contributed by atoms with E-state index in [0.717, 1.165) is 41.7 Å². The number of likely N-dealkylation sites (N-methyl/N-ethyl adjacent to an activating group) is 1. The molecule has 0 spiro atoms. The van der Waals surface area contributed by atoms with Crippen molar-refractivity contribution in [3.05, 3.63) is 69.5 Å². The Balaban J connectivity index is 0.00000420. The summed E-state index contributed by atoms with van der Waals surface area (Å²) < 4.78 is 77.7. The van der Waals surface area contributed by atoms with Crippen molar-refractivity contribution in [2.24, 2.45) is 5.73 Å². The molecule has 0 radical (unpaired) electrons. The number of nitrogens with zero attached hydrogens (tertiary/aromatic N) is 2. The molecule has 0 saturated heterocycles. The Bertz CT molecular complexity index is 985. The summed E-state index contributed by atoms with van der Waals surface area (Å²) in [5.74, 6) is -1.46. The maximum atomic E-state index is 13.4. The van der Waals surface area contributed by atoms with Crippen LogP contribution in [0.15, 0.2) is 47.4 Å². The van der Waals surface area contributed by atoms with Gasteiger partial charge in [-0.05, 0) is 29.8 Å². The lowest BCUT2D eigenvalue weighted by molar-refractivity contribution is -0.384. The molecule has 1 atom stereocenters. The number of sulfonamides is 1. The smallest absolute Gasteiger partial charge is 0.323 e. The molecular weight excluding hydrogens is 442 g/mol. The quantitative estimate of drug-likeness (QED) is 0.406. The lowest BCUT2D eigenvalue weighted by atomic mass is 10.0. The standard InChI is InChI=1S/C16H15F4N3O4S.ClH/c1-22(28(26,27)12-5-3-11(4-6-12)23(24)25)9-15(21)10-2-7-14(17)13(8-10)16(18,19)20;/h2-8,15H,9,21H2,1H3;1H/t15-;/m1./s1. The summed E-state index contributed by atoms with van der Waals surface area (Å²) in [4.78, 5) is 9.70. The topological polar surface area (TPSA) is 107 Å². The predicted molar refractivity (Wildman–Crippen MR) is 98.5 cm³/mol. The lowest BCUT2D eigenvalue weighted by Crippen LogP contribution is -2.34. The molecule has 0 aliphatic rings. The number of non-ortho nitro benzene ring substituents is 1. The van der Waals surface area contributed by atoms with Crippen LogP contribution in [0.3, 0.4) is 0 Å². The molecular formula is C16H16ClF4N3O4S. The third-order valence-corrected chi connectivity index (χ3v) is 5.77. The minimum atomic E-state index is -4.92. The summed E-state index contributed by atoms with van der Waals surface area (Å²) in [6.07, 6.45) is -4.92. The Labute approximate surface area is 169 Å². The van der Waals surface area contributed by atoms with Crippen molar-refractivity contribution in [1.82, 2.24) is 4.31 Å². The summed E-state index contributed by atoms with van der Waals surface area (Å²) in [5, 5.41) is 10.6. The molecule has 2 aromatic carbocycles. The molecule has 0 aliphatic carbocycles. The minimum absolute atomic E-state index is 0.